The molecular formula is C19H21FN2O2. The fourth-order valence-electron chi connectivity index (χ4n) is 2.26. The van der Waals surface area contributed by atoms with E-state index in [0.717, 1.165) is 0 Å². The number of benzene rings is 2. The number of nitrogens with one attached hydrogen (secondary N) is 2. The van der Waals surface area contributed by atoms with Crippen LogP contribution in [-0.2, 0) is 6.42 Å². The van der Waals surface area contributed by atoms with Crippen molar-refractivity contribution in [1.82, 2.24) is 10.6 Å². The zero-order chi connectivity index (χ0) is 17.5. The lowest BCUT2D eigenvalue weighted by molar-refractivity contribution is 0.0943. The summed E-state index contributed by atoms with van der Waals surface area (Å²) in [6.45, 7) is 4.07. The Hall–Kier alpha value is -2.69. The van der Waals surface area contributed by atoms with Gasteiger partial charge in [-0.2, -0.15) is 0 Å². The molecule has 0 fully saturated rings. The first kappa shape index (κ1) is 17.7. The van der Waals surface area contributed by atoms with Crippen molar-refractivity contribution in [3.05, 3.63) is 71.0 Å². The third-order valence-corrected chi connectivity index (χ3v) is 3.44. The Morgan fingerprint density at radius 1 is 1.00 bits per heavy atom. The van der Waals surface area contributed by atoms with E-state index in [1.54, 1.807) is 42.5 Å². The molecule has 2 aromatic rings. The molecule has 0 atom stereocenters. The highest BCUT2D eigenvalue weighted by molar-refractivity contribution is 5.99. The van der Waals surface area contributed by atoms with Crippen molar-refractivity contribution in [2.45, 2.75) is 26.3 Å². The normalized spacial score (nSPS) is 10.5. The van der Waals surface area contributed by atoms with E-state index in [0.29, 0.717) is 29.7 Å². The second-order valence-electron chi connectivity index (χ2n) is 5.81. The quantitative estimate of drug-likeness (QED) is 0.856. The fraction of sp³-hybridized carbons (Fsp3) is 0.263. The molecule has 0 spiro atoms. The number of amides is 2. The first-order valence-corrected chi connectivity index (χ1v) is 7.90. The highest BCUT2D eigenvalue weighted by Gasteiger charge is 2.11. The zero-order valence-corrected chi connectivity index (χ0v) is 13.8. The van der Waals surface area contributed by atoms with Crippen molar-refractivity contribution in [2.24, 2.45) is 0 Å². The number of hydrogen-bond donors (Lipinski definition) is 2. The Balaban J connectivity index is 1.95. The van der Waals surface area contributed by atoms with E-state index in [9.17, 15) is 14.0 Å². The maximum Gasteiger partial charge on any atom is 0.251 e. The van der Waals surface area contributed by atoms with Crippen LogP contribution in [-0.4, -0.2) is 24.4 Å². The van der Waals surface area contributed by atoms with E-state index < -0.39 is 0 Å². The molecule has 2 amide bonds. The summed E-state index contributed by atoms with van der Waals surface area (Å²) in [6, 6.07) is 13.0. The molecule has 0 radical (unpaired) electrons. The fourth-order valence-corrected chi connectivity index (χ4v) is 2.26. The lowest BCUT2D eigenvalue weighted by atomic mass is 10.1. The molecule has 126 valence electrons. The van der Waals surface area contributed by atoms with Gasteiger partial charge in [0.15, 0.2) is 0 Å². The monoisotopic (exact) mass is 328 g/mol. The van der Waals surface area contributed by atoms with Crippen LogP contribution in [0.25, 0.3) is 0 Å². The van der Waals surface area contributed by atoms with Gasteiger partial charge in [-0.15, -0.1) is 0 Å². The van der Waals surface area contributed by atoms with Crippen LogP contribution < -0.4 is 10.6 Å². The third-order valence-electron chi connectivity index (χ3n) is 3.44. The van der Waals surface area contributed by atoms with Gasteiger partial charge in [0, 0.05) is 23.7 Å². The van der Waals surface area contributed by atoms with Crippen LogP contribution in [0.2, 0.25) is 0 Å². The first-order valence-electron chi connectivity index (χ1n) is 7.90. The molecule has 0 aliphatic heterocycles. The number of halogens is 1. The molecule has 5 heteroatoms. The topological polar surface area (TPSA) is 58.2 Å². The van der Waals surface area contributed by atoms with Crippen LogP contribution in [0.15, 0.2) is 48.5 Å². The Kier molecular flexibility index (Phi) is 6.07. The average molecular weight is 328 g/mol. The van der Waals surface area contributed by atoms with Gasteiger partial charge in [0.2, 0.25) is 0 Å². The van der Waals surface area contributed by atoms with Gasteiger partial charge < -0.3 is 10.6 Å². The Labute approximate surface area is 141 Å². The average Bonchev–Trinajstić information content (AvgIpc) is 2.56. The molecule has 0 saturated carbocycles. The molecule has 0 bridgehead atoms. The lowest BCUT2D eigenvalue weighted by Crippen LogP contribution is -2.30. The number of carbonyl (C=O) groups excluding carboxylic acids is 2. The van der Waals surface area contributed by atoms with Gasteiger partial charge in [0.1, 0.15) is 5.82 Å². The highest BCUT2D eigenvalue weighted by Crippen LogP contribution is 2.08. The zero-order valence-electron chi connectivity index (χ0n) is 13.8. The Morgan fingerprint density at radius 2 is 1.67 bits per heavy atom. The molecule has 0 aliphatic rings. The SMILES string of the molecule is CC(C)NC(=O)c1cccc(C(=O)NCCc2ccccc2F)c1. The maximum atomic E-state index is 13.5. The van der Waals surface area contributed by atoms with Crippen molar-refractivity contribution in [2.75, 3.05) is 6.54 Å². The minimum atomic E-state index is -0.287. The maximum absolute atomic E-state index is 13.5. The summed E-state index contributed by atoms with van der Waals surface area (Å²) in [7, 11) is 0. The van der Waals surface area contributed by atoms with Gasteiger partial charge >= 0.3 is 0 Å². The van der Waals surface area contributed by atoms with Gasteiger partial charge in [-0.1, -0.05) is 24.3 Å². The molecule has 2 rings (SSSR count). The molecule has 0 saturated heterocycles. The molecule has 0 unspecified atom stereocenters. The minimum absolute atomic E-state index is 0.0238. The molecule has 0 aliphatic carbocycles. The number of rotatable bonds is 6. The van der Waals surface area contributed by atoms with E-state index >= 15 is 0 Å². The molecular weight excluding hydrogens is 307 g/mol. The van der Waals surface area contributed by atoms with Crippen LogP contribution in [0, 0.1) is 5.82 Å². The minimum Gasteiger partial charge on any atom is -0.352 e. The Bertz CT molecular complexity index is 729. The number of carbonyl (C=O) groups is 2. The van der Waals surface area contributed by atoms with E-state index in [1.165, 1.54) is 6.07 Å². The highest BCUT2D eigenvalue weighted by atomic mass is 19.1. The van der Waals surface area contributed by atoms with Crippen LogP contribution in [0.3, 0.4) is 0 Å². The van der Waals surface area contributed by atoms with E-state index in [4.69, 9.17) is 0 Å². The first-order chi connectivity index (χ1) is 11.5. The summed E-state index contributed by atoms with van der Waals surface area (Å²) < 4.78 is 13.5. The molecule has 0 aromatic heterocycles. The molecule has 24 heavy (non-hydrogen) atoms. The molecule has 0 heterocycles. The van der Waals surface area contributed by atoms with Crippen molar-refractivity contribution >= 4 is 11.8 Å². The van der Waals surface area contributed by atoms with Crippen molar-refractivity contribution in [1.29, 1.82) is 0 Å². The summed E-state index contributed by atoms with van der Waals surface area (Å²) in [4.78, 5) is 24.2. The van der Waals surface area contributed by atoms with Crippen molar-refractivity contribution in [3.63, 3.8) is 0 Å². The number of hydrogen-bond acceptors (Lipinski definition) is 2. The second-order valence-corrected chi connectivity index (χ2v) is 5.81. The van der Waals surface area contributed by atoms with Gasteiger partial charge in [-0.3, -0.25) is 9.59 Å². The smallest absolute Gasteiger partial charge is 0.251 e. The van der Waals surface area contributed by atoms with Gasteiger partial charge in [-0.05, 0) is 50.1 Å². The predicted octanol–water partition coefficient (Wildman–Crippen LogP) is 2.94. The van der Waals surface area contributed by atoms with Crippen LogP contribution in [0.4, 0.5) is 4.39 Å². The Morgan fingerprint density at radius 3 is 2.33 bits per heavy atom. The third kappa shape index (κ3) is 4.91. The van der Waals surface area contributed by atoms with Crippen molar-refractivity contribution < 1.29 is 14.0 Å². The second kappa shape index (κ2) is 8.24. The summed E-state index contributed by atoms with van der Waals surface area (Å²) in [6.07, 6.45) is 0.409. The summed E-state index contributed by atoms with van der Waals surface area (Å²) >= 11 is 0. The summed E-state index contributed by atoms with van der Waals surface area (Å²) in [5, 5.41) is 5.53. The van der Waals surface area contributed by atoms with Gasteiger partial charge in [0.25, 0.3) is 11.8 Å². The van der Waals surface area contributed by atoms with Crippen LogP contribution in [0.5, 0.6) is 0 Å². The summed E-state index contributed by atoms with van der Waals surface area (Å²) in [5.41, 5.74) is 1.40. The standard InChI is InChI=1S/C19H21FN2O2/c1-13(2)22-19(24)16-8-5-7-15(12-16)18(23)21-11-10-14-6-3-4-9-17(14)20/h3-9,12-13H,10-11H2,1-2H3,(H,21,23)(H,22,24). The van der Waals surface area contributed by atoms with Crippen LogP contribution >= 0.6 is 0 Å². The molecule has 2 N–H and O–H groups in total. The molecule has 4 nitrogen and oxygen atoms in total. The van der Waals surface area contributed by atoms with E-state index in [1.807, 2.05) is 13.8 Å². The van der Waals surface area contributed by atoms with E-state index in [2.05, 4.69) is 10.6 Å². The summed E-state index contributed by atoms with van der Waals surface area (Å²) in [5.74, 6) is -0.782. The van der Waals surface area contributed by atoms with E-state index in [-0.39, 0.29) is 23.7 Å². The largest absolute Gasteiger partial charge is 0.352 e. The van der Waals surface area contributed by atoms with Gasteiger partial charge in [-0.25, -0.2) is 4.39 Å². The molecule has 2 aromatic carbocycles. The van der Waals surface area contributed by atoms with Crippen LogP contribution in [0.1, 0.15) is 40.1 Å². The van der Waals surface area contributed by atoms with Gasteiger partial charge in [0.05, 0.1) is 0 Å². The predicted molar refractivity (Wildman–Crippen MR) is 91.5 cm³/mol. The lowest BCUT2D eigenvalue weighted by Gasteiger charge is -2.10. The van der Waals surface area contributed by atoms with Crippen molar-refractivity contribution in [3.8, 4) is 0 Å².